The van der Waals surface area contributed by atoms with Crippen LogP contribution in [0.15, 0.2) is 10.5 Å². The van der Waals surface area contributed by atoms with Crippen molar-refractivity contribution in [3.05, 3.63) is 11.1 Å². The number of carbonyl (C=O) groups excluding carboxylic acids is 1. The first-order chi connectivity index (χ1) is 8.69. The minimum absolute atomic E-state index is 0.156. The highest BCUT2D eigenvalue weighted by atomic mass is 32.2. The fraction of sp³-hybridized carbons (Fsp3) is 0.500. The van der Waals surface area contributed by atoms with Gasteiger partial charge in [0.15, 0.2) is 0 Å². The van der Waals surface area contributed by atoms with Gasteiger partial charge in [-0.1, -0.05) is 11.3 Å². The van der Waals surface area contributed by atoms with Gasteiger partial charge in [0, 0.05) is 24.1 Å². The molecule has 0 aromatic carbocycles. The number of nitrogens with one attached hydrogen (secondary N) is 1. The van der Waals surface area contributed by atoms with Gasteiger partial charge in [-0.15, -0.1) is 11.8 Å². The predicted molar refractivity (Wildman–Crippen MR) is 74.1 cm³/mol. The zero-order valence-corrected chi connectivity index (χ0v) is 12.1. The van der Waals surface area contributed by atoms with Gasteiger partial charge >= 0.3 is 4.34 Å². The smallest absolute Gasteiger partial charge is 0.302 e. The van der Waals surface area contributed by atoms with E-state index in [1.165, 1.54) is 17.5 Å². The minimum atomic E-state index is -1.09. The van der Waals surface area contributed by atoms with E-state index in [4.69, 9.17) is 0 Å². The maximum Gasteiger partial charge on any atom is 0.302 e. The van der Waals surface area contributed by atoms with Gasteiger partial charge in [-0.25, -0.2) is 0 Å². The lowest BCUT2D eigenvalue weighted by molar-refractivity contribution is 0.0957. The molecule has 98 valence electrons. The highest BCUT2D eigenvalue weighted by Gasteiger charge is 2.17. The van der Waals surface area contributed by atoms with Crippen molar-refractivity contribution in [1.29, 1.82) is 0 Å². The van der Waals surface area contributed by atoms with E-state index in [0.717, 1.165) is 12.8 Å². The van der Waals surface area contributed by atoms with Crippen LogP contribution in [0.4, 0.5) is 0 Å². The van der Waals surface area contributed by atoms with E-state index in [-0.39, 0.29) is 5.91 Å². The average molecular weight is 284 g/mol. The molecule has 1 unspecified atom stereocenters. The number of nitrogens with zero attached hydrogens (tertiary/aromatic N) is 1. The number of hydrogen-bond acceptors (Lipinski definition) is 4. The van der Waals surface area contributed by atoms with Crippen LogP contribution in [0.1, 0.15) is 36.4 Å². The van der Waals surface area contributed by atoms with Gasteiger partial charge in [0.25, 0.3) is 5.91 Å². The number of hydrogen-bond donors (Lipinski definition) is 1. The van der Waals surface area contributed by atoms with Gasteiger partial charge in [0.2, 0.25) is 0 Å². The summed E-state index contributed by atoms with van der Waals surface area (Å²) in [7, 11) is 0. The molecule has 0 bridgehead atoms. The van der Waals surface area contributed by atoms with Crippen LogP contribution < -0.4 is 5.32 Å². The summed E-state index contributed by atoms with van der Waals surface area (Å²) in [5.41, 5.74) is 0. The average Bonchev–Trinajstić information content (AvgIpc) is 2.87. The van der Waals surface area contributed by atoms with E-state index in [0.29, 0.717) is 21.5 Å². The van der Waals surface area contributed by atoms with E-state index in [1.54, 1.807) is 6.92 Å². The molecule has 0 aliphatic heterocycles. The summed E-state index contributed by atoms with van der Waals surface area (Å²) < 4.78 is 12.0. The molecular formula is C12H16N2O2S2. The molecule has 0 aliphatic carbocycles. The van der Waals surface area contributed by atoms with Crippen molar-refractivity contribution in [1.82, 2.24) is 10.3 Å². The Kier molecular flexibility index (Phi) is 6.80. The molecule has 0 fully saturated rings. The number of rotatable bonds is 6. The highest BCUT2D eigenvalue weighted by Crippen LogP contribution is 2.19. The summed E-state index contributed by atoms with van der Waals surface area (Å²) in [6.07, 6.45) is 3.10. The summed E-state index contributed by atoms with van der Waals surface area (Å²) in [4.78, 5) is 16.2. The van der Waals surface area contributed by atoms with Crippen molar-refractivity contribution in [3.63, 3.8) is 0 Å². The van der Waals surface area contributed by atoms with Crippen LogP contribution in [0.25, 0.3) is 0 Å². The largest absolute Gasteiger partial charge is 0.610 e. The Labute approximate surface area is 114 Å². The van der Waals surface area contributed by atoms with E-state index < -0.39 is 11.2 Å². The molecule has 0 saturated heterocycles. The maximum atomic E-state index is 11.7. The molecule has 0 radical (unpaired) electrons. The lowest BCUT2D eigenvalue weighted by Crippen LogP contribution is -2.23. The zero-order chi connectivity index (χ0) is 13.4. The van der Waals surface area contributed by atoms with E-state index >= 15 is 0 Å². The molecule has 1 heterocycles. The third-order valence-electron chi connectivity index (χ3n) is 2.11. The first kappa shape index (κ1) is 15.0. The summed E-state index contributed by atoms with van der Waals surface area (Å²) in [5.74, 6) is 6.10. The van der Waals surface area contributed by atoms with Gasteiger partial charge in [-0.05, 0) is 20.3 Å². The molecule has 0 spiro atoms. The number of amides is 1. The molecule has 1 N–H and O–H groups in total. The second-order valence-corrected chi connectivity index (χ2v) is 6.36. The molecule has 1 aromatic rings. The van der Waals surface area contributed by atoms with E-state index in [2.05, 4.69) is 22.1 Å². The normalized spacial score (nSPS) is 11.5. The third-order valence-corrected chi connectivity index (χ3v) is 4.72. The van der Waals surface area contributed by atoms with Gasteiger partial charge < -0.3 is 9.87 Å². The minimum Gasteiger partial charge on any atom is -0.610 e. The Balaban J connectivity index is 2.41. The fourth-order valence-electron chi connectivity index (χ4n) is 1.18. The number of unbranched alkanes of at least 4 members (excludes halogenated alkanes) is 1. The Bertz CT molecular complexity index is 448. The van der Waals surface area contributed by atoms with Crippen LogP contribution in [0, 0.1) is 11.8 Å². The molecule has 1 amide bonds. The summed E-state index contributed by atoms with van der Waals surface area (Å²) in [6.45, 7) is 4.22. The zero-order valence-electron chi connectivity index (χ0n) is 10.5. The van der Waals surface area contributed by atoms with Gasteiger partial charge in [-0.3, -0.25) is 4.79 Å². The van der Waals surface area contributed by atoms with Gasteiger partial charge in [0.05, 0.1) is 6.20 Å². The second kappa shape index (κ2) is 8.14. The molecule has 1 aromatic heterocycles. The van der Waals surface area contributed by atoms with Crippen LogP contribution in [-0.2, 0) is 11.2 Å². The monoisotopic (exact) mass is 284 g/mol. The van der Waals surface area contributed by atoms with Gasteiger partial charge in [-0.2, -0.15) is 4.98 Å². The lowest BCUT2D eigenvalue weighted by atomic mass is 10.3. The van der Waals surface area contributed by atoms with Gasteiger partial charge in [0.1, 0.15) is 10.6 Å². The van der Waals surface area contributed by atoms with Crippen molar-refractivity contribution in [2.45, 2.75) is 31.0 Å². The Hall–Kier alpha value is -1.03. The number of carbonyl (C=O) groups is 1. The molecule has 1 atom stereocenters. The highest BCUT2D eigenvalue weighted by molar-refractivity contribution is 7.93. The second-order valence-electron chi connectivity index (χ2n) is 3.41. The van der Waals surface area contributed by atoms with Crippen molar-refractivity contribution in [2.24, 2.45) is 0 Å². The first-order valence-corrected chi connectivity index (χ1v) is 7.84. The number of aromatic nitrogens is 1. The molecule has 0 saturated carbocycles. The standard InChI is InChI=1S/C12H16N2O2S2/c1-3-5-6-7-8-13-11(15)10-9-14-12(17-10)18(16)4-2/h9H,4,6-8H2,1-2H3,(H,13,15). The Morgan fingerprint density at radius 1 is 1.67 bits per heavy atom. The fourth-order valence-corrected chi connectivity index (χ4v) is 3.16. The topological polar surface area (TPSA) is 65.0 Å². The molecule has 1 rings (SSSR count). The third kappa shape index (κ3) is 4.69. The SMILES string of the molecule is CC#CCCCNC(=O)c1cnc([S+]([O-])CC)s1. The maximum absolute atomic E-state index is 11.7. The van der Waals surface area contributed by atoms with Crippen molar-refractivity contribution in [2.75, 3.05) is 12.3 Å². The Morgan fingerprint density at radius 2 is 2.44 bits per heavy atom. The quantitative estimate of drug-likeness (QED) is 0.492. The lowest BCUT2D eigenvalue weighted by Gasteiger charge is -2.02. The van der Waals surface area contributed by atoms with E-state index in [9.17, 15) is 9.35 Å². The molecular weight excluding hydrogens is 268 g/mol. The van der Waals surface area contributed by atoms with Crippen molar-refractivity contribution < 1.29 is 9.35 Å². The predicted octanol–water partition coefficient (Wildman–Crippen LogP) is 1.80. The molecule has 4 nitrogen and oxygen atoms in total. The Morgan fingerprint density at radius 3 is 3.11 bits per heavy atom. The van der Waals surface area contributed by atoms with Crippen LogP contribution in [0.5, 0.6) is 0 Å². The van der Waals surface area contributed by atoms with Crippen LogP contribution in [0.2, 0.25) is 0 Å². The summed E-state index contributed by atoms with van der Waals surface area (Å²) >= 11 is 0.104. The van der Waals surface area contributed by atoms with Crippen LogP contribution >= 0.6 is 11.3 Å². The van der Waals surface area contributed by atoms with Crippen LogP contribution in [0.3, 0.4) is 0 Å². The number of thiazole rings is 1. The van der Waals surface area contributed by atoms with E-state index in [1.807, 2.05) is 6.92 Å². The van der Waals surface area contributed by atoms with Crippen molar-refractivity contribution in [3.8, 4) is 11.8 Å². The summed E-state index contributed by atoms with van der Waals surface area (Å²) in [5, 5.41) is 2.79. The van der Waals surface area contributed by atoms with Crippen LogP contribution in [-0.4, -0.2) is 27.7 Å². The molecule has 18 heavy (non-hydrogen) atoms. The molecule has 6 heteroatoms. The summed E-state index contributed by atoms with van der Waals surface area (Å²) in [6, 6.07) is 0. The van der Waals surface area contributed by atoms with Crippen molar-refractivity contribution >= 4 is 28.4 Å². The molecule has 0 aliphatic rings. The first-order valence-electron chi connectivity index (χ1n) is 5.71.